The largest absolute Gasteiger partial charge is 0.508 e. The minimum absolute atomic E-state index is 0.150. The van der Waals surface area contributed by atoms with Crippen molar-refractivity contribution in [3.63, 3.8) is 0 Å². The number of nitrogens with zero attached hydrogens (tertiary/aromatic N) is 3. The van der Waals surface area contributed by atoms with E-state index in [9.17, 15) is 5.11 Å². The van der Waals surface area contributed by atoms with Gasteiger partial charge in [-0.3, -0.25) is 4.68 Å². The highest BCUT2D eigenvalue weighted by Crippen LogP contribution is 2.21. The number of benzene rings is 1. The Morgan fingerprint density at radius 3 is 3.00 bits per heavy atom. The number of hydrogen-bond donors (Lipinski definition) is 1. The van der Waals surface area contributed by atoms with Crippen LogP contribution in [0.25, 0.3) is 10.9 Å². The van der Waals surface area contributed by atoms with Gasteiger partial charge in [-0.2, -0.15) is 10.4 Å². The van der Waals surface area contributed by atoms with Gasteiger partial charge in [-0.25, -0.2) is 0 Å². The Bertz CT molecular complexity index is 507. The molecule has 2 rings (SSSR count). The maximum Gasteiger partial charge on any atom is 0.146 e. The smallest absolute Gasteiger partial charge is 0.146 e. The average molecular weight is 173 g/mol. The Morgan fingerprint density at radius 2 is 2.31 bits per heavy atom. The van der Waals surface area contributed by atoms with Gasteiger partial charge in [0.05, 0.1) is 5.52 Å². The summed E-state index contributed by atoms with van der Waals surface area (Å²) in [6.07, 6.45) is 0. The normalized spacial score (nSPS) is 10.2. The van der Waals surface area contributed by atoms with Crippen molar-refractivity contribution in [2.75, 3.05) is 0 Å². The lowest BCUT2D eigenvalue weighted by atomic mass is 10.2. The molecule has 1 aromatic heterocycles. The lowest BCUT2D eigenvalue weighted by Crippen LogP contribution is -1.92. The summed E-state index contributed by atoms with van der Waals surface area (Å²) in [5.74, 6) is 0.150. The molecular weight excluding hydrogens is 166 g/mol. The topological polar surface area (TPSA) is 61.8 Å². The van der Waals surface area contributed by atoms with Crippen LogP contribution in [0.5, 0.6) is 5.75 Å². The first-order valence-corrected chi connectivity index (χ1v) is 3.78. The third kappa shape index (κ3) is 1.02. The summed E-state index contributed by atoms with van der Waals surface area (Å²) < 4.78 is 1.50. The highest BCUT2D eigenvalue weighted by molar-refractivity contribution is 5.85. The number of aromatic hydroxyl groups is 1. The third-order valence-electron chi connectivity index (χ3n) is 1.92. The molecule has 1 N–H and O–H groups in total. The van der Waals surface area contributed by atoms with Crippen molar-refractivity contribution >= 4 is 10.9 Å². The van der Waals surface area contributed by atoms with Crippen molar-refractivity contribution in [1.29, 1.82) is 5.26 Å². The van der Waals surface area contributed by atoms with Gasteiger partial charge in [-0.05, 0) is 18.2 Å². The first kappa shape index (κ1) is 7.62. The van der Waals surface area contributed by atoms with Crippen LogP contribution in [-0.2, 0) is 7.05 Å². The first-order chi connectivity index (χ1) is 6.22. The Kier molecular flexibility index (Phi) is 1.46. The van der Waals surface area contributed by atoms with Gasteiger partial charge < -0.3 is 5.11 Å². The molecule has 64 valence electrons. The van der Waals surface area contributed by atoms with E-state index in [1.165, 1.54) is 4.68 Å². The van der Waals surface area contributed by atoms with Gasteiger partial charge in [-0.1, -0.05) is 0 Å². The number of fused-ring (bicyclic) bond motifs is 1. The van der Waals surface area contributed by atoms with E-state index in [2.05, 4.69) is 5.10 Å². The van der Waals surface area contributed by atoms with E-state index in [0.717, 1.165) is 5.52 Å². The third-order valence-corrected chi connectivity index (χ3v) is 1.92. The molecule has 4 heteroatoms. The molecule has 1 heterocycles. The molecule has 0 amide bonds. The second-order valence-corrected chi connectivity index (χ2v) is 2.79. The molecule has 4 nitrogen and oxygen atoms in total. The van der Waals surface area contributed by atoms with E-state index >= 15 is 0 Å². The summed E-state index contributed by atoms with van der Waals surface area (Å²) in [6.45, 7) is 0. The lowest BCUT2D eigenvalue weighted by molar-refractivity contribution is 0.476. The maximum absolute atomic E-state index is 9.21. The van der Waals surface area contributed by atoms with Crippen molar-refractivity contribution in [2.24, 2.45) is 7.05 Å². The van der Waals surface area contributed by atoms with Gasteiger partial charge in [0, 0.05) is 12.4 Å². The summed E-state index contributed by atoms with van der Waals surface area (Å²) in [6, 6.07) is 6.82. The number of hydrogen-bond acceptors (Lipinski definition) is 3. The van der Waals surface area contributed by atoms with Crippen LogP contribution in [0.15, 0.2) is 18.2 Å². The standard InChI is InChI=1S/C9H7N3O/c1-12-9(5-10)7-4-6(13)2-3-8(7)11-12/h2-4,13H,1H3. The molecule has 0 bridgehead atoms. The highest BCUT2D eigenvalue weighted by atomic mass is 16.3. The zero-order chi connectivity index (χ0) is 9.42. The van der Waals surface area contributed by atoms with E-state index in [0.29, 0.717) is 11.1 Å². The molecule has 0 radical (unpaired) electrons. The zero-order valence-electron chi connectivity index (χ0n) is 7.02. The van der Waals surface area contributed by atoms with Crippen LogP contribution in [0.3, 0.4) is 0 Å². The highest BCUT2D eigenvalue weighted by Gasteiger charge is 2.07. The van der Waals surface area contributed by atoms with E-state index in [1.807, 2.05) is 6.07 Å². The van der Waals surface area contributed by atoms with Crippen LogP contribution < -0.4 is 0 Å². The van der Waals surface area contributed by atoms with Crippen molar-refractivity contribution in [1.82, 2.24) is 9.78 Å². The van der Waals surface area contributed by atoms with Gasteiger partial charge in [0.1, 0.15) is 17.5 Å². The van der Waals surface area contributed by atoms with E-state index in [-0.39, 0.29) is 5.75 Å². The second-order valence-electron chi connectivity index (χ2n) is 2.79. The SMILES string of the molecule is Cn1nc2ccc(O)cc2c1C#N. The maximum atomic E-state index is 9.21. The first-order valence-electron chi connectivity index (χ1n) is 3.78. The van der Waals surface area contributed by atoms with Gasteiger partial charge in [0.2, 0.25) is 0 Å². The number of aromatic nitrogens is 2. The lowest BCUT2D eigenvalue weighted by Gasteiger charge is -1.90. The Morgan fingerprint density at radius 1 is 1.54 bits per heavy atom. The van der Waals surface area contributed by atoms with E-state index in [1.54, 1.807) is 25.2 Å². The van der Waals surface area contributed by atoms with Crippen LogP contribution in [0.1, 0.15) is 5.69 Å². The number of phenols is 1. The molecule has 0 saturated heterocycles. The number of phenolic OH excluding ortho intramolecular Hbond substituents is 1. The minimum atomic E-state index is 0.150. The molecule has 0 saturated carbocycles. The fourth-order valence-corrected chi connectivity index (χ4v) is 1.32. The van der Waals surface area contributed by atoms with E-state index in [4.69, 9.17) is 5.26 Å². The second kappa shape index (κ2) is 2.49. The molecule has 0 aliphatic carbocycles. The van der Waals surface area contributed by atoms with Gasteiger partial charge in [-0.15, -0.1) is 0 Å². The monoisotopic (exact) mass is 173 g/mol. The Balaban J connectivity index is 2.91. The summed E-state index contributed by atoms with van der Waals surface area (Å²) in [4.78, 5) is 0. The van der Waals surface area contributed by atoms with Gasteiger partial charge in [0.15, 0.2) is 0 Å². The minimum Gasteiger partial charge on any atom is -0.508 e. The Hall–Kier alpha value is -2.02. The van der Waals surface area contributed by atoms with Crippen LogP contribution in [0, 0.1) is 11.3 Å². The van der Waals surface area contributed by atoms with Crippen molar-refractivity contribution in [2.45, 2.75) is 0 Å². The van der Waals surface area contributed by atoms with Crippen molar-refractivity contribution in [3.05, 3.63) is 23.9 Å². The molecule has 0 fully saturated rings. The molecule has 2 aromatic rings. The number of aryl methyl sites for hydroxylation is 1. The summed E-state index contributed by atoms with van der Waals surface area (Å²) in [7, 11) is 1.70. The molecule has 0 aliphatic rings. The van der Waals surface area contributed by atoms with E-state index < -0.39 is 0 Å². The van der Waals surface area contributed by atoms with Crippen LogP contribution >= 0.6 is 0 Å². The predicted molar refractivity (Wildman–Crippen MR) is 47.1 cm³/mol. The molecular formula is C9H7N3O. The van der Waals surface area contributed by atoms with Crippen LogP contribution in [0.2, 0.25) is 0 Å². The van der Waals surface area contributed by atoms with Crippen molar-refractivity contribution < 1.29 is 5.11 Å². The zero-order valence-corrected chi connectivity index (χ0v) is 7.02. The quantitative estimate of drug-likeness (QED) is 0.650. The Labute approximate surface area is 74.6 Å². The van der Waals surface area contributed by atoms with Crippen LogP contribution in [0.4, 0.5) is 0 Å². The summed E-state index contributed by atoms with van der Waals surface area (Å²) >= 11 is 0. The fraction of sp³-hybridized carbons (Fsp3) is 0.111. The van der Waals surface area contributed by atoms with Gasteiger partial charge in [0.25, 0.3) is 0 Å². The predicted octanol–water partition coefficient (Wildman–Crippen LogP) is 1.15. The molecule has 1 aromatic carbocycles. The fourth-order valence-electron chi connectivity index (χ4n) is 1.32. The molecule has 13 heavy (non-hydrogen) atoms. The molecule has 0 aliphatic heterocycles. The molecule has 0 atom stereocenters. The summed E-state index contributed by atoms with van der Waals surface area (Å²) in [5, 5.41) is 22.8. The molecule has 0 unspecified atom stereocenters. The average Bonchev–Trinajstić information content (AvgIpc) is 2.40. The van der Waals surface area contributed by atoms with Gasteiger partial charge >= 0.3 is 0 Å². The number of rotatable bonds is 0. The van der Waals surface area contributed by atoms with Crippen molar-refractivity contribution in [3.8, 4) is 11.8 Å². The number of nitriles is 1. The summed E-state index contributed by atoms with van der Waals surface area (Å²) in [5.41, 5.74) is 1.18. The van der Waals surface area contributed by atoms with Crippen LogP contribution in [-0.4, -0.2) is 14.9 Å². The molecule has 0 spiro atoms.